The quantitative estimate of drug-likeness (QED) is 0.0901. The maximum absolute atomic E-state index is 14.9. The number of nitro groups is 2. The summed E-state index contributed by atoms with van der Waals surface area (Å²) in [5, 5.41) is 22.6. The Morgan fingerprint density at radius 2 is 1.54 bits per heavy atom. The summed E-state index contributed by atoms with van der Waals surface area (Å²) < 4.78 is 63.1. The second kappa shape index (κ2) is 14.3. The molecule has 0 spiro atoms. The molecule has 1 amide bonds. The van der Waals surface area contributed by atoms with Crippen LogP contribution in [0, 0.1) is 31.9 Å². The van der Waals surface area contributed by atoms with Crippen LogP contribution >= 0.6 is 11.6 Å². The van der Waals surface area contributed by atoms with E-state index < -0.39 is 61.0 Å². The Morgan fingerprint density at radius 1 is 0.913 bits per heavy atom. The molecule has 240 valence electrons. The molecule has 0 atom stereocenters. The van der Waals surface area contributed by atoms with Crippen molar-refractivity contribution in [3.63, 3.8) is 0 Å². The van der Waals surface area contributed by atoms with Gasteiger partial charge in [0.1, 0.15) is 17.4 Å². The maximum atomic E-state index is 14.9. The van der Waals surface area contributed by atoms with E-state index in [1.54, 1.807) is 24.3 Å². The molecule has 4 aromatic carbocycles. The number of carbonyl (C=O) groups is 1. The van der Waals surface area contributed by atoms with Crippen molar-refractivity contribution in [2.75, 3.05) is 24.5 Å². The summed E-state index contributed by atoms with van der Waals surface area (Å²) >= 11 is 5.91. The standard InChI is InChI=1S/C30H25ClF2N4O8S/c1-34(30(38)21-15-24(36(39)40)18-25(16-21)37(41)42)13-4-14-45-29-6-3-2-5-20(29)19-35(28-17-23(32)9-12-27(28)33)46(43,44)26-10-7-22(31)8-11-26/h2-3,5-12,15-18H,4,13-14,19H2,1H3. The van der Waals surface area contributed by atoms with Gasteiger partial charge in [0.05, 0.1) is 45.2 Å². The Labute approximate surface area is 266 Å². The van der Waals surface area contributed by atoms with Crippen LogP contribution in [0.1, 0.15) is 22.3 Å². The lowest BCUT2D eigenvalue weighted by atomic mass is 10.1. The SMILES string of the molecule is CN(CCCOc1ccccc1CN(c1cc(F)ccc1F)S(=O)(=O)c1ccc(Cl)cc1)C(=O)c1cc([N+](=O)[O-])cc([N+](=O)[O-])c1. The van der Waals surface area contributed by atoms with Gasteiger partial charge in [0.15, 0.2) is 0 Å². The number of ether oxygens (including phenoxy) is 1. The second-order valence-corrected chi connectivity index (χ2v) is 12.1. The molecule has 0 aliphatic carbocycles. The van der Waals surface area contributed by atoms with E-state index in [2.05, 4.69) is 0 Å². The van der Waals surface area contributed by atoms with Gasteiger partial charge in [0.25, 0.3) is 27.3 Å². The van der Waals surface area contributed by atoms with Crippen molar-refractivity contribution in [2.45, 2.75) is 17.9 Å². The summed E-state index contributed by atoms with van der Waals surface area (Å²) in [6, 6.07) is 16.7. The molecule has 46 heavy (non-hydrogen) atoms. The zero-order chi connectivity index (χ0) is 33.6. The van der Waals surface area contributed by atoms with Crippen LogP contribution in [0.4, 0.5) is 25.8 Å². The molecule has 0 saturated carbocycles. The molecule has 4 aromatic rings. The van der Waals surface area contributed by atoms with Crippen molar-refractivity contribution in [1.29, 1.82) is 0 Å². The molecule has 0 heterocycles. The lowest BCUT2D eigenvalue weighted by Crippen LogP contribution is -2.31. The minimum Gasteiger partial charge on any atom is -0.493 e. The highest BCUT2D eigenvalue weighted by Crippen LogP contribution is 2.32. The van der Waals surface area contributed by atoms with Gasteiger partial charge >= 0.3 is 0 Å². The molecule has 0 aromatic heterocycles. The maximum Gasteiger partial charge on any atom is 0.277 e. The Hall–Kier alpha value is -5.15. The molecular weight excluding hydrogens is 650 g/mol. The molecule has 0 unspecified atom stereocenters. The van der Waals surface area contributed by atoms with Crippen molar-refractivity contribution in [3.8, 4) is 5.75 Å². The van der Waals surface area contributed by atoms with Gasteiger partial charge in [0.2, 0.25) is 0 Å². The number of sulfonamides is 1. The molecule has 0 N–H and O–H groups in total. The molecule has 0 radical (unpaired) electrons. The Bertz CT molecular complexity index is 1860. The molecule has 0 saturated heterocycles. The van der Waals surface area contributed by atoms with E-state index in [0.29, 0.717) is 5.56 Å². The van der Waals surface area contributed by atoms with Crippen LogP contribution in [0.25, 0.3) is 0 Å². The van der Waals surface area contributed by atoms with E-state index >= 15 is 0 Å². The summed E-state index contributed by atoms with van der Waals surface area (Å²) in [4.78, 5) is 34.6. The molecule has 0 bridgehead atoms. The average molecular weight is 675 g/mol. The number of hydrogen-bond acceptors (Lipinski definition) is 8. The van der Waals surface area contributed by atoms with Crippen molar-refractivity contribution in [1.82, 2.24) is 4.90 Å². The van der Waals surface area contributed by atoms with E-state index in [1.165, 1.54) is 36.2 Å². The van der Waals surface area contributed by atoms with Crippen LogP contribution in [-0.2, 0) is 16.6 Å². The second-order valence-electron chi connectivity index (χ2n) is 9.85. The van der Waals surface area contributed by atoms with Crippen LogP contribution in [0.3, 0.4) is 0 Å². The smallest absolute Gasteiger partial charge is 0.277 e. The summed E-state index contributed by atoms with van der Waals surface area (Å²) in [7, 11) is -3.02. The molecule has 12 nitrogen and oxygen atoms in total. The van der Waals surface area contributed by atoms with Gasteiger partial charge < -0.3 is 9.64 Å². The van der Waals surface area contributed by atoms with Gasteiger partial charge in [-0.1, -0.05) is 29.8 Å². The summed E-state index contributed by atoms with van der Waals surface area (Å²) in [6.45, 7) is -0.337. The number of amides is 1. The molecule has 0 aliphatic rings. The molecular formula is C30H25ClF2N4O8S. The lowest BCUT2D eigenvalue weighted by molar-refractivity contribution is -0.394. The third-order valence-corrected chi connectivity index (χ3v) is 8.70. The number of nitrogens with zero attached hydrogens (tertiary/aromatic N) is 4. The van der Waals surface area contributed by atoms with Gasteiger partial charge in [-0.25, -0.2) is 17.2 Å². The van der Waals surface area contributed by atoms with Crippen LogP contribution in [0.15, 0.2) is 89.8 Å². The molecule has 0 fully saturated rings. The first kappa shape index (κ1) is 33.7. The number of para-hydroxylation sites is 1. The number of hydrogen-bond donors (Lipinski definition) is 0. The van der Waals surface area contributed by atoms with Crippen molar-refractivity contribution in [2.24, 2.45) is 0 Å². The van der Waals surface area contributed by atoms with Crippen LogP contribution in [-0.4, -0.2) is 49.3 Å². The normalized spacial score (nSPS) is 11.1. The topological polar surface area (TPSA) is 153 Å². The first-order valence-corrected chi connectivity index (χ1v) is 15.2. The number of rotatable bonds is 13. The number of carbonyl (C=O) groups excluding carboxylic acids is 1. The van der Waals surface area contributed by atoms with E-state index in [4.69, 9.17) is 16.3 Å². The van der Waals surface area contributed by atoms with E-state index in [-0.39, 0.29) is 40.8 Å². The fourth-order valence-corrected chi connectivity index (χ4v) is 5.94. The highest BCUT2D eigenvalue weighted by molar-refractivity contribution is 7.92. The van der Waals surface area contributed by atoms with Gasteiger partial charge in [-0.15, -0.1) is 0 Å². The summed E-state index contributed by atoms with van der Waals surface area (Å²) in [5.74, 6) is -2.28. The Morgan fingerprint density at radius 3 is 2.17 bits per heavy atom. The Kier molecular flexibility index (Phi) is 10.5. The summed E-state index contributed by atoms with van der Waals surface area (Å²) in [6.07, 6.45) is 0.235. The predicted octanol–water partition coefficient (Wildman–Crippen LogP) is 6.37. The predicted molar refractivity (Wildman–Crippen MR) is 164 cm³/mol. The van der Waals surface area contributed by atoms with E-state index in [1.807, 2.05) is 0 Å². The number of benzene rings is 4. The minimum absolute atomic E-state index is 0.0159. The fraction of sp³-hybridized carbons (Fsp3) is 0.167. The van der Waals surface area contributed by atoms with Gasteiger partial charge in [-0.3, -0.25) is 29.3 Å². The van der Waals surface area contributed by atoms with Crippen LogP contribution < -0.4 is 9.04 Å². The number of anilines is 1. The van der Waals surface area contributed by atoms with E-state index in [0.717, 1.165) is 40.7 Å². The van der Waals surface area contributed by atoms with Gasteiger partial charge in [-0.2, -0.15) is 0 Å². The first-order chi connectivity index (χ1) is 21.8. The lowest BCUT2D eigenvalue weighted by Gasteiger charge is -2.26. The van der Waals surface area contributed by atoms with Crippen LogP contribution in [0.5, 0.6) is 5.75 Å². The van der Waals surface area contributed by atoms with Crippen LogP contribution in [0.2, 0.25) is 5.02 Å². The number of nitro benzene ring substituents is 2. The number of halogens is 3. The van der Waals surface area contributed by atoms with Crippen molar-refractivity contribution < 1.29 is 36.6 Å². The number of non-ortho nitro benzene ring substituents is 2. The fourth-order valence-electron chi connectivity index (χ4n) is 4.38. The zero-order valence-electron chi connectivity index (χ0n) is 24.0. The molecule has 4 rings (SSSR count). The zero-order valence-corrected chi connectivity index (χ0v) is 25.6. The first-order valence-electron chi connectivity index (χ1n) is 13.4. The average Bonchev–Trinajstić information content (AvgIpc) is 3.03. The Balaban J connectivity index is 1.51. The highest BCUT2D eigenvalue weighted by Gasteiger charge is 2.29. The largest absolute Gasteiger partial charge is 0.493 e. The van der Waals surface area contributed by atoms with Gasteiger partial charge in [0, 0.05) is 42.4 Å². The van der Waals surface area contributed by atoms with Gasteiger partial charge in [-0.05, 0) is 48.9 Å². The third-order valence-electron chi connectivity index (χ3n) is 6.68. The van der Waals surface area contributed by atoms with Crippen molar-refractivity contribution in [3.05, 3.63) is 133 Å². The highest BCUT2D eigenvalue weighted by atomic mass is 35.5. The van der Waals surface area contributed by atoms with Crippen molar-refractivity contribution >= 4 is 44.6 Å². The third kappa shape index (κ3) is 7.92. The monoisotopic (exact) mass is 674 g/mol. The minimum atomic E-state index is -4.43. The summed E-state index contributed by atoms with van der Waals surface area (Å²) in [5.41, 5.74) is -1.64. The van der Waals surface area contributed by atoms with E-state index in [9.17, 15) is 42.2 Å². The molecule has 16 heteroatoms. The molecule has 0 aliphatic heterocycles.